The Morgan fingerprint density at radius 2 is 2.20 bits per heavy atom. The van der Waals surface area contributed by atoms with Crippen LogP contribution in [-0.4, -0.2) is 31.5 Å². The molecule has 1 atom stereocenters. The molecule has 1 aliphatic rings. The number of nitrogens with zero attached hydrogens (tertiary/aromatic N) is 3. The lowest BCUT2D eigenvalue weighted by Gasteiger charge is -2.34. The quantitative estimate of drug-likeness (QED) is 0.507. The second kappa shape index (κ2) is 4.93. The molecule has 0 saturated heterocycles. The summed E-state index contributed by atoms with van der Waals surface area (Å²) in [7, 11) is 1.85. The number of H-pyrrole nitrogens is 2. The maximum atomic E-state index is 11.7. The first-order valence-electron chi connectivity index (χ1n) is 8.09. The van der Waals surface area contributed by atoms with E-state index in [0.717, 1.165) is 29.7 Å². The van der Waals surface area contributed by atoms with Gasteiger partial charge < -0.3 is 9.40 Å². The molecule has 8 heteroatoms. The summed E-state index contributed by atoms with van der Waals surface area (Å²) in [5, 5.41) is 15.5. The third-order valence-electron chi connectivity index (χ3n) is 4.85. The number of nitrogens with one attached hydrogen (secondary N) is 3. The lowest BCUT2D eigenvalue weighted by molar-refractivity contribution is 0.328. The van der Waals surface area contributed by atoms with Crippen molar-refractivity contribution in [2.45, 2.75) is 12.0 Å². The number of aryl methyl sites for hydroxylation is 1. The van der Waals surface area contributed by atoms with Gasteiger partial charge in [-0.15, -0.1) is 5.10 Å². The maximum Gasteiger partial charge on any atom is 0.434 e. The topological polar surface area (TPSA) is 105 Å². The van der Waals surface area contributed by atoms with Crippen LogP contribution >= 0.6 is 0 Å². The van der Waals surface area contributed by atoms with Crippen molar-refractivity contribution in [2.75, 3.05) is 6.54 Å². The van der Waals surface area contributed by atoms with E-state index in [2.05, 4.69) is 31.7 Å². The van der Waals surface area contributed by atoms with Crippen LogP contribution in [0.5, 0.6) is 0 Å². The highest BCUT2D eigenvalue weighted by Gasteiger charge is 2.47. The molecule has 4 heterocycles. The number of fused-ring (bicyclic) bond motifs is 3. The van der Waals surface area contributed by atoms with Crippen molar-refractivity contribution in [3.63, 3.8) is 0 Å². The minimum atomic E-state index is -0.889. The number of rotatable bonds is 2. The number of aromatic amines is 2. The second-order valence-electron chi connectivity index (χ2n) is 6.27. The third-order valence-corrected chi connectivity index (χ3v) is 4.85. The Kier molecular flexibility index (Phi) is 2.81. The summed E-state index contributed by atoms with van der Waals surface area (Å²) in [6, 6.07) is 8.17. The van der Waals surface area contributed by atoms with Crippen molar-refractivity contribution in [1.82, 2.24) is 30.3 Å². The van der Waals surface area contributed by atoms with E-state index in [1.165, 1.54) is 10.9 Å². The normalized spacial score (nSPS) is 20.0. The second-order valence-corrected chi connectivity index (χ2v) is 6.27. The smallest absolute Gasteiger partial charge is 0.390 e. The van der Waals surface area contributed by atoms with E-state index in [1.54, 1.807) is 10.9 Å². The summed E-state index contributed by atoms with van der Waals surface area (Å²) in [6.45, 7) is 0.723. The highest BCUT2D eigenvalue weighted by Crippen LogP contribution is 2.41. The molecule has 0 saturated carbocycles. The first kappa shape index (κ1) is 14.2. The Balaban J connectivity index is 1.88. The van der Waals surface area contributed by atoms with Gasteiger partial charge in [0, 0.05) is 36.3 Å². The molecule has 0 fully saturated rings. The predicted molar refractivity (Wildman–Crippen MR) is 90.2 cm³/mol. The van der Waals surface area contributed by atoms with Crippen molar-refractivity contribution >= 4 is 10.9 Å². The Labute approximate surface area is 141 Å². The van der Waals surface area contributed by atoms with Crippen LogP contribution in [0.1, 0.15) is 22.7 Å². The summed E-state index contributed by atoms with van der Waals surface area (Å²) < 4.78 is 7.12. The summed E-state index contributed by atoms with van der Waals surface area (Å²) in [4.78, 5) is 15.2. The number of hydrogen-bond acceptors (Lipinski definition) is 5. The molecule has 1 aromatic carbocycles. The molecule has 8 nitrogen and oxygen atoms in total. The summed E-state index contributed by atoms with van der Waals surface area (Å²) >= 11 is 0. The predicted octanol–water partition coefficient (Wildman–Crippen LogP) is 1.02. The van der Waals surface area contributed by atoms with Gasteiger partial charge in [0.05, 0.1) is 11.9 Å². The molecule has 1 unspecified atom stereocenters. The zero-order chi connectivity index (χ0) is 17.0. The van der Waals surface area contributed by atoms with Gasteiger partial charge in [0.25, 0.3) is 0 Å². The minimum absolute atomic E-state index is 0.276. The molecule has 0 spiro atoms. The number of hydrogen-bond donors (Lipinski definition) is 3. The zero-order valence-electron chi connectivity index (χ0n) is 13.5. The fourth-order valence-corrected chi connectivity index (χ4v) is 3.80. The molecule has 0 radical (unpaired) electrons. The Bertz CT molecular complexity index is 1130. The Morgan fingerprint density at radius 1 is 1.32 bits per heavy atom. The average molecular weight is 336 g/mol. The van der Waals surface area contributed by atoms with E-state index in [4.69, 9.17) is 4.42 Å². The van der Waals surface area contributed by atoms with Crippen molar-refractivity contribution < 1.29 is 4.42 Å². The lowest BCUT2D eigenvalue weighted by atomic mass is 9.82. The van der Waals surface area contributed by atoms with Gasteiger partial charge in [-0.1, -0.05) is 18.2 Å². The molecule has 126 valence electrons. The molecular formula is C17H16N6O2. The van der Waals surface area contributed by atoms with Gasteiger partial charge in [-0.05, 0) is 18.1 Å². The maximum absolute atomic E-state index is 11.7. The van der Waals surface area contributed by atoms with E-state index >= 15 is 0 Å². The van der Waals surface area contributed by atoms with Crippen molar-refractivity contribution in [3.05, 3.63) is 69.9 Å². The number of para-hydroxylation sites is 1. The van der Waals surface area contributed by atoms with Gasteiger partial charge in [0.1, 0.15) is 0 Å². The monoisotopic (exact) mass is 336 g/mol. The zero-order valence-corrected chi connectivity index (χ0v) is 13.5. The molecule has 0 amide bonds. The van der Waals surface area contributed by atoms with E-state index in [0.29, 0.717) is 0 Å². The van der Waals surface area contributed by atoms with Gasteiger partial charge in [-0.3, -0.25) is 10.00 Å². The molecule has 3 N–H and O–H groups in total. The Hall–Kier alpha value is -3.13. The van der Waals surface area contributed by atoms with Crippen LogP contribution in [0.3, 0.4) is 0 Å². The molecule has 3 aromatic heterocycles. The van der Waals surface area contributed by atoms with Crippen LogP contribution < -0.4 is 11.1 Å². The van der Waals surface area contributed by atoms with Crippen molar-refractivity contribution in [1.29, 1.82) is 0 Å². The summed E-state index contributed by atoms with van der Waals surface area (Å²) in [6.07, 6.45) is 4.54. The van der Waals surface area contributed by atoms with Gasteiger partial charge in [-0.2, -0.15) is 5.10 Å². The SMILES string of the molecule is Cn1cc(C2(c3n[nH]c(=O)o3)NCCc3c2[nH]c2ccccc32)cn1. The molecule has 0 bridgehead atoms. The average Bonchev–Trinajstić information content (AvgIpc) is 3.33. The minimum Gasteiger partial charge on any atom is -0.390 e. The highest BCUT2D eigenvalue weighted by atomic mass is 16.4. The Morgan fingerprint density at radius 3 is 2.96 bits per heavy atom. The molecular weight excluding hydrogens is 320 g/mol. The van der Waals surface area contributed by atoms with Gasteiger partial charge >= 0.3 is 5.76 Å². The van der Waals surface area contributed by atoms with Crippen LogP contribution in [-0.2, 0) is 19.0 Å². The van der Waals surface area contributed by atoms with Crippen LogP contribution in [0.15, 0.2) is 45.9 Å². The number of aromatic nitrogens is 5. The lowest BCUT2D eigenvalue weighted by Crippen LogP contribution is -2.49. The van der Waals surface area contributed by atoms with Crippen LogP contribution in [0, 0.1) is 0 Å². The summed E-state index contributed by atoms with van der Waals surface area (Å²) in [5.74, 6) is -0.304. The first-order chi connectivity index (χ1) is 12.2. The fourth-order valence-electron chi connectivity index (χ4n) is 3.80. The highest BCUT2D eigenvalue weighted by molar-refractivity contribution is 5.86. The van der Waals surface area contributed by atoms with E-state index in [1.807, 2.05) is 31.4 Å². The molecule has 1 aliphatic heterocycles. The van der Waals surface area contributed by atoms with Crippen LogP contribution in [0.25, 0.3) is 10.9 Å². The van der Waals surface area contributed by atoms with Gasteiger partial charge in [0.15, 0.2) is 5.54 Å². The van der Waals surface area contributed by atoms with Crippen molar-refractivity contribution in [2.24, 2.45) is 7.05 Å². The fraction of sp³-hybridized carbons (Fsp3) is 0.235. The molecule has 0 aliphatic carbocycles. The molecule has 5 rings (SSSR count). The van der Waals surface area contributed by atoms with E-state index in [-0.39, 0.29) is 5.89 Å². The summed E-state index contributed by atoms with van der Waals surface area (Å²) in [5.41, 5.74) is 3.15. The number of benzene rings is 1. The van der Waals surface area contributed by atoms with Crippen molar-refractivity contribution in [3.8, 4) is 0 Å². The van der Waals surface area contributed by atoms with Crippen LogP contribution in [0.4, 0.5) is 0 Å². The first-order valence-corrected chi connectivity index (χ1v) is 8.09. The largest absolute Gasteiger partial charge is 0.434 e. The molecule has 4 aromatic rings. The standard InChI is InChI=1S/C17H16N6O2/c1-23-9-10(8-19-23)17(15-21-22-16(24)25-15)14-12(6-7-18-17)11-4-2-3-5-13(11)20-14/h2-5,8-9,18,20H,6-7H2,1H3,(H,22,24). The van der Waals surface area contributed by atoms with E-state index < -0.39 is 11.3 Å². The molecule has 25 heavy (non-hydrogen) atoms. The third kappa shape index (κ3) is 1.88. The van der Waals surface area contributed by atoms with Gasteiger partial charge in [0.2, 0.25) is 5.89 Å². The van der Waals surface area contributed by atoms with E-state index in [9.17, 15) is 4.79 Å². The van der Waals surface area contributed by atoms with Crippen LogP contribution in [0.2, 0.25) is 0 Å². The van der Waals surface area contributed by atoms with Gasteiger partial charge in [-0.25, -0.2) is 9.89 Å².